The summed E-state index contributed by atoms with van der Waals surface area (Å²) in [6.45, 7) is 12.9. The number of benzene rings is 1. The van der Waals surface area contributed by atoms with Crippen LogP contribution in [0.5, 0.6) is 0 Å². The Kier molecular flexibility index (Phi) is 34.4. The van der Waals surface area contributed by atoms with Crippen molar-refractivity contribution in [3.05, 3.63) is 42.0 Å². The van der Waals surface area contributed by atoms with Crippen molar-refractivity contribution in [3.8, 4) is 0 Å². The summed E-state index contributed by atoms with van der Waals surface area (Å²) in [5, 5.41) is 92.6. The first-order valence-electron chi connectivity index (χ1n) is 36.5. The second-order valence-electron chi connectivity index (χ2n) is 27.5. The van der Waals surface area contributed by atoms with Crippen molar-refractivity contribution in [2.24, 2.45) is 5.92 Å². The van der Waals surface area contributed by atoms with Gasteiger partial charge < -0.3 is 107 Å². The molecule has 6 aliphatic heterocycles. The fraction of sp³-hybridized carbons (Fsp3) is 0.833. The minimum Gasteiger partial charge on any atom is -0.455 e. The molecule has 6 saturated heterocycles. The normalized spacial score (nSPS) is 38.3. The molecule has 0 amide bonds. The molecule has 1 aromatic rings. The van der Waals surface area contributed by atoms with Gasteiger partial charge in [-0.15, -0.1) is 0 Å². The lowest BCUT2D eigenvalue weighted by Gasteiger charge is -2.51. The molecule has 6 heterocycles. The van der Waals surface area contributed by atoms with Gasteiger partial charge in [-0.2, -0.15) is 0 Å². The predicted molar refractivity (Wildman–Crippen MR) is 351 cm³/mol. The van der Waals surface area contributed by atoms with Crippen LogP contribution in [0.2, 0.25) is 0 Å². The number of carbonyl (C=O) groups is 4. The van der Waals surface area contributed by atoms with E-state index in [-0.39, 0.29) is 18.9 Å². The number of aliphatic hydroxyl groups is 8. The van der Waals surface area contributed by atoms with Crippen molar-refractivity contribution in [1.82, 2.24) is 0 Å². The first-order valence-corrected chi connectivity index (χ1v) is 36.5. The monoisotopic (exact) mass is 1400 g/mol. The molecule has 0 spiro atoms. The molecule has 0 aliphatic carbocycles. The molecule has 26 heteroatoms. The number of fused-ring (bicyclic) bond motifs is 2. The average molecular weight is 1400 g/mol. The summed E-state index contributed by atoms with van der Waals surface area (Å²) in [5.74, 6) is -3.73. The number of carbonyl (C=O) groups excluding carboxylic acids is 4. The molecule has 7 rings (SSSR count). The highest BCUT2D eigenvalue weighted by molar-refractivity contribution is 5.87. The summed E-state index contributed by atoms with van der Waals surface area (Å²) in [5.41, 5.74) is 0.653. The zero-order valence-electron chi connectivity index (χ0n) is 58.7. The molecule has 98 heavy (non-hydrogen) atoms. The van der Waals surface area contributed by atoms with Gasteiger partial charge in [0.05, 0.1) is 43.0 Å². The largest absolute Gasteiger partial charge is 0.455 e. The SMILES string of the molecule is CCCCCCCCCCCC(=O)O[C@H]1[C@H](O[C@@H]2[C@@H](O)[C@H]3OC(=O)CCCCCCCCC[C@H](CCCCC)O[C@@H]4O[C@H](C)[C@H](O)[C@H](O)[C@H]4O[C@@H]3O[C@H]2C)O[C@@H](C)[C@H](O[C@@H]2O[C@@H](C)[C@H](OC(=O)[C@H](C)CC)[C@@H](OC(=O)/C=C/c3ccccc3)[C@H]2O)[C@H]1O[C@@H]1O[C@H](CO)[C@@H](O)[C@H](O)[C@H]1O. The van der Waals surface area contributed by atoms with Crippen molar-refractivity contribution in [2.45, 2.75) is 369 Å². The number of hydrogen-bond donors (Lipinski definition) is 8. The fourth-order valence-corrected chi connectivity index (χ4v) is 13.4. The van der Waals surface area contributed by atoms with Crippen LogP contribution in [0, 0.1) is 5.92 Å². The fourth-order valence-electron chi connectivity index (χ4n) is 13.4. The zero-order chi connectivity index (χ0) is 71.0. The van der Waals surface area contributed by atoms with Crippen LogP contribution in [0.25, 0.3) is 6.08 Å². The Labute approximate surface area is 577 Å². The molecule has 0 aromatic heterocycles. The van der Waals surface area contributed by atoms with E-state index in [2.05, 4.69) is 13.8 Å². The molecule has 0 bridgehead atoms. The molecule has 27 atom stereocenters. The number of rotatable bonds is 28. The number of ether oxygens (including phenoxy) is 14. The van der Waals surface area contributed by atoms with Gasteiger partial charge in [-0.05, 0) is 71.4 Å². The van der Waals surface area contributed by atoms with E-state index >= 15 is 0 Å². The number of aliphatic hydroxyl groups excluding tert-OH is 8. The minimum absolute atomic E-state index is 0.0529. The molecular weight excluding hydrogens is 1280 g/mol. The van der Waals surface area contributed by atoms with E-state index in [1.807, 2.05) is 0 Å². The van der Waals surface area contributed by atoms with Crippen LogP contribution in [-0.2, 0) is 85.5 Å². The van der Waals surface area contributed by atoms with Gasteiger partial charge >= 0.3 is 23.9 Å². The maximum absolute atomic E-state index is 14.6. The Morgan fingerprint density at radius 1 is 0.520 bits per heavy atom. The van der Waals surface area contributed by atoms with Gasteiger partial charge in [0, 0.05) is 18.9 Å². The maximum atomic E-state index is 14.6. The van der Waals surface area contributed by atoms with Gasteiger partial charge in [0.2, 0.25) is 0 Å². The quantitative estimate of drug-likeness (QED) is 0.0190. The molecule has 0 saturated carbocycles. The lowest BCUT2D eigenvalue weighted by Crippen LogP contribution is -2.68. The Hall–Kier alpha value is -3.88. The average Bonchev–Trinajstić information content (AvgIpc) is 0.765. The van der Waals surface area contributed by atoms with Gasteiger partial charge in [-0.25, -0.2) is 4.79 Å². The van der Waals surface area contributed by atoms with Gasteiger partial charge in [-0.1, -0.05) is 167 Å². The lowest BCUT2D eigenvalue weighted by atomic mass is 9.95. The first-order chi connectivity index (χ1) is 47.1. The topological polar surface area (TPSA) is 359 Å². The summed E-state index contributed by atoms with van der Waals surface area (Å²) >= 11 is 0. The zero-order valence-corrected chi connectivity index (χ0v) is 58.7. The third-order valence-electron chi connectivity index (χ3n) is 19.6. The van der Waals surface area contributed by atoms with Crippen LogP contribution in [-0.4, -0.2) is 231 Å². The Bertz CT molecular complexity index is 2510. The van der Waals surface area contributed by atoms with Gasteiger partial charge in [0.25, 0.3) is 0 Å². The Balaban J connectivity index is 1.25. The van der Waals surface area contributed by atoms with E-state index < -0.39 is 190 Å². The molecule has 26 nitrogen and oxygen atoms in total. The van der Waals surface area contributed by atoms with Gasteiger partial charge in [0.15, 0.2) is 55.9 Å². The van der Waals surface area contributed by atoms with Crippen LogP contribution >= 0.6 is 0 Å². The van der Waals surface area contributed by atoms with Crippen LogP contribution in [0.3, 0.4) is 0 Å². The van der Waals surface area contributed by atoms with E-state index in [0.717, 1.165) is 109 Å². The van der Waals surface area contributed by atoms with E-state index in [9.17, 15) is 60.0 Å². The first kappa shape index (κ1) is 81.4. The van der Waals surface area contributed by atoms with Gasteiger partial charge in [0.1, 0.15) is 73.2 Å². The lowest BCUT2D eigenvalue weighted by molar-refractivity contribution is -0.400. The molecule has 6 aliphatic rings. The third-order valence-corrected chi connectivity index (χ3v) is 19.6. The van der Waals surface area contributed by atoms with E-state index in [1.54, 1.807) is 51.1 Å². The third kappa shape index (κ3) is 23.3. The van der Waals surface area contributed by atoms with E-state index in [1.165, 1.54) is 26.8 Å². The van der Waals surface area contributed by atoms with Crippen LogP contribution in [0.15, 0.2) is 36.4 Å². The molecular formula is C72H116O26. The maximum Gasteiger partial charge on any atom is 0.331 e. The van der Waals surface area contributed by atoms with Crippen molar-refractivity contribution < 1.29 is 126 Å². The van der Waals surface area contributed by atoms with Gasteiger partial charge in [-0.3, -0.25) is 14.4 Å². The molecule has 560 valence electrons. The second kappa shape index (κ2) is 41.4. The molecule has 6 fully saturated rings. The number of esters is 4. The standard InChI is InChI=1S/C72H116O26/c1-9-12-14-15-16-17-20-23-31-37-50(75)93-66-65(98-68-56(81)54(79)53(78)48(40-73)90-68)61(96-69-58(83)62(60(44(7)86-69)94-67(84)41(4)11-3)91-51(76)39-38-46-32-27-25-28-33-46)45(8)88-72(66)95-59-43(6)87-71-64(57(59)82)92-49(74)36-30-24-21-18-19-22-29-35-47(34-26-13-10-2)89-70-63(97-71)55(80)52(77)42(5)85-70/h25,27-28,32-33,38-39,41-45,47-48,52-66,68-73,77-83H,9-24,26,29-31,34-37,40H2,1-8H3/b39-38+/t41-,42-,43+,44+,45+,47+,48-,52+,53-,54+,55+,56-,57-,58-,59+,60+,61+,62+,63-,64-,65-,66-,68+,69+,70+,71+,72+/m1/s1. The highest BCUT2D eigenvalue weighted by Gasteiger charge is 2.59. The smallest absolute Gasteiger partial charge is 0.331 e. The van der Waals surface area contributed by atoms with E-state index in [0.29, 0.717) is 44.1 Å². The molecule has 0 radical (unpaired) electrons. The summed E-state index contributed by atoms with van der Waals surface area (Å²) in [4.78, 5) is 55.8. The summed E-state index contributed by atoms with van der Waals surface area (Å²) in [6, 6.07) is 8.85. The predicted octanol–water partition coefficient (Wildman–Crippen LogP) is 6.57. The highest BCUT2D eigenvalue weighted by atomic mass is 16.8. The van der Waals surface area contributed by atoms with Crippen LogP contribution in [0.1, 0.15) is 215 Å². The summed E-state index contributed by atoms with van der Waals surface area (Å²) in [7, 11) is 0. The van der Waals surface area contributed by atoms with Crippen LogP contribution in [0.4, 0.5) is 0 Å². The molecule has 1 aromatic carbocycles. The summed E-state index contributed by atoms with van der Waals surface area (Å²) in [6.07, 6.45) is -19.7. The Morgan fingerprint density at radius 3 is 1.79 bits per heavy atom. The van der Waals surface area contributed by atoms with Crippen molar-refractivity contribution in [2.75, 3.05) is 6.61 Å². The number of unbranched alkanes of at least 4 members (excludes halogenated alkanes) is 10. The minimum atomic E-state index is -2.05. The van der Waals surface area contributed by atoms with Crippen molar-refractivity contribution in [1.29, 1.82) is 0 Å². The van der Waals surface area contributed by atoms with Crippen LogP contribution < -0.4 is 0 Å². The van der Waals surface area contributed by atoms with E-state index in [4.69, 9.17) is 66.3 Å². The molecule has 8 N–H and O–H groups in total. The van der Waals surface area contributed by atoms with Crippen molar-refractivity contribution >= 4 is 30.0 Å². The summed E-state index contributed by atoms with van der Waals surface area (Å²) < 4.78 is 89.4. The Morgan fingerprint density at radius 2 is 1.10 bits per heavy atom. The number of hydrogen-bond acceptors (Lipinski definition) is 26. The second-order valence-corrected chi connectivity index (χ2v) is 27.5. The highest BCUT2D eigenvalue weighted by Crippen LogP contribution is 2.40. The van der Waals surface area contributed by atoms with Crippen molar-refractivity contribution in [3.63, 3.8) is 0 Å². The molecule has 0 unspecified atom stereocenters.